The van der Waals surface area contributed by atoms with E-state index in [2.05, 4.69) is 20.8 Å². The second-order valence-electron chi connectivity index (χ2n) is 7.42. The third-order valence-electron chi connectivity index (χ3n) is 4.62. The molecule has 1 atom stereocenters. The van der Waals surface area contributed by atoms with E-state index in [1.54, 1.807) is 23.1 Å². The van der Waals surface area contributed by atoms with Gasteiger partial charge in [0.05, 0.1) is 25.2 Å². The Balaban J connectivity index is 1.96. The van der Waals surface area contributed by atoms with Crippen molar-refractivity contribution >= 4 is 33.3 Å². The zero-order chi connectivity index (χ0) is 18.7. The molecule has 0 bridgehead atoms. The summed E-state index contributed by atoms with van der Waals surface area (Å²) in [5.41, 5.74) is 1.37. The minimum atomic E-state index is 0.0338. The van der Waals surface area contributed by atoms with Crippen LogP contribution in [0.5, 0.6) is 0 Å². The van der Waals surface area contributed by atoms with Crippen LogP contribution in [0.3, 0.4) is 0 Å². The van der Waals surface area contributed by atoms with Gasteiger partial charge in [-0.25, -0.2) is 4.98 Å². The van der Waals surface area contributed by atoms with E-state index in [1.165, 1.54) is 10.4 Å². The number of fused-ring (bicyclic) bond motifs is 3. The molecule has 0 radical (unpaired) electrons. The van der Waals surface area contributed by atoms with Crippen LogP contribution in [0.2, 0.25) is 0 Å². The van der Waals surface area contributed by atoms with Crippen LogP contribution >= 0.6 is 23.1 Å². The molecule has 0 amide bonds. The van der Waals surface area contributed by atoms with Gasteiger partial charge in [0.1, 0.15) is 4.83 Å². The van der Waals surface area contributed by atoms with Crippen molar-refractivity contribution < 1.29 is 9.84 Å². The van der Waals surface area contributed by atoms with Crippen molar-refractivity contribution in [3.63, 3.8) is 0 Å². The van der Waals surface area contributed by atoms with Crippen LogP contribution in [-0.2, 0) is 24.1 Å². The van der Waals surface area contributed by atoms with Crippen molar-refractivity contribution in [2.24, 2.45) is 11.8 Å². The molecule has 1 aliphatic rings. The maximum absolute atomic E-state index is 13.3. The minimum Gasteiger partial charge on any atom is -0.394 e. The maximum Gasteiger partial charge on any atom is 0.263 e. The largest absolute Gasteiger partial charge is 0.394 e. The number of aliphatic hydroxyl groups excluding tert-OH is 1. The highest BCUT2D eigenvalue weighted by Crippen LogP contribution is 2.36. The Morgan fingerprint density at radius 2 is 2.23 bits per heavy atom. The Morgan fingerprint density at radius 3 is 2.96 bits per heavy atom. The predicted octanol–water partition coefficient (Wildman–Crippen LogP) is 3.34. The van der Waals surface area contributed by atoms with E-state index in [0.717, 1.165) is 40.4 Å². The van der Waals surface area contributed by atoms with Crippen molar-refractivity contribution in [2.45, 2.75) is 51.7 Å². The summed E-state index contributed by atoms with van der Waals surface area (Å²) in [6.07, 6.45) is 3.22. The highest BCUT2D eigenvalue weighted by Gasteiger charge is 2.24. The number of rotatable bonds is 8. The van der Waals surface area contributed by atoms with Gasteiger partial charge in [-0.05, 0) is 36.7 Å². The number of ether oxygens (including phenoxy) is 1. The van der Waals surface area contributed by atoms with Gasteiger partial charge in [-0.2, -0.15) is 0 Å². The molecule has 2 aromatic rings. The molecule has 5 nitrogen and oxygen atoms in total. The van der Waals surface area contributed by atoms with E-state index < -0.39 is 0 Å². The van der Waals surface area contributed by atoms with Gasteiger partial charge in [0.25, 0.3) is 5.56 Å². The summed E-state index contributed by atoms with van der Waals surface area (Å²) in [6, 6.07) is 0. The molecule has 26 heavy (non-hydrogen) atoms. The fourth-order valence-electron chi connectivity index (χ4n) is 3.40. The molecule has 2 heterocycles. The lowest BCUT2D eigenvalue weighted by Gasteiger charge is -2.18. The lowest BCUT2D eigenvalue weighted by Crippen LogP contribution is -2.26. The molecule has 2 aromatic heterocycles. The van der Waals surface area contributed by atoms with Crippen LogP contribution < -0.4 is 5.56 Å². The van der Waals surface area contributed by atoms with Gasteiger partial charge in [-0.3, -0.25) is 9.36 Å². The van der Waals surface area contributed by atoms with E-state index in [4.69, 9.17) is 14.8 Å². The quantitative estimate of drug-likeness (QED) is 0.421. The SMILES string of the molecule is CC(C)Cn1c(SCCOCCO)nc2sc3c(c2c1=O)CCC(C)C3. The van der Waals surface area contributed by atoms with Gasteiger partial charge < -0.3 is 9.84 Å². The molecule has 1 aliphatic carbocycles. The van der Waals surface area contributed by atoms with E-state index in [0.29, 0.717) is 31.6 Å². The first-order valence-corrected chi connectivity index (χ1v) is 11.2. The number of aliphatic hydroxyl groups is 1. The first-order valence-electron chi connectivity index (χ1n) is 9.37. The third-order valence-corrected chi connectivity index (χ3v) is 6.71. The third kappa shape index (κ3) is 4.32. The zero-order valence-corrected chi connectivity index (χ0v) is 17.4. The summed E-state index contributed by atoms with van der Waals surface area (Å²) in [5, 5.41) is 10.4. The Kier molecular flexibility index (Phi) is 6.77. The first kappa shape index (κ1) is 19.9. The van der Waals surface area contributed by atoms with Crippen LogP contribution in [0.25, 0.3) is 10.2 Å². The molecule has 0 spiro atoms. The summed E-state index contributed by atoms with van der Waals surface area (Å²) in [5.74, 6) is 1.79. The molecule has 0 aliphatic heterocycles. The van der Waals surface area contributed by atoms with Gasteiger partial charge >= 0.3 is 0 Å². The normalized spacial score (nSPS) is 17.2. The molecule has 1 N–H and O–H groups in total. The van der Waals surface area contributed by atoms with Crippen LogP contribution in [-0.4, -0.2) is 40.2 Å². The molecule has 3 rings (SSSR count). The van der Waals surface area contributed by atoms with Crippen LogP contribution in [0.15, 0.2) is 9.95 Å². The molecule has 144 valence electrons. The van der Waals surface area contributed by atoms with Crippen LogP contribution in [0.4, 0.5) is 0 Å². The molecule has 0 fully saturated rings. The number of hydrogen-bond donors (Lipinski definition) is 1. The second kappa shape index (κ2) is 8.87. The molecular weight excluding hydrogens is 368 g/mol. The number of thioether (sulfide) groups is 1. The molecule has 0 saturated carbocycles. The first-order chi connectivity index (χ1) is 12.5. The van der Waals surface area contributed by atoms with Crippen molar-refractivity contribution in [3.05, 3.63) is 20.8 Å². The molecule has 7 heteroatoms. The number of nitrogens with zero attached hydrogens (tertiary/aromatic N) is 2. The Hall–Kier alpha value is -0.890. The van der Waals surface area contributed by atoms with Gasteiger partial charge in [0, 0.05) is 17.2 Å². The molecule has 0 aromatic carbocycles. The summed E-state index contributed by atoms with van der Waals surface area (Å²) in [4.78, 5) is 20.4. The molecular formula is C19H28N2O3S2. The number of aromatic nitrogens is 2. The lowest BCUT2D eigenvalue weighted by molar-refractivity contribution is 0.103. The number of aryl methyl sites for hydroxylation is 1. The average Bonchev–Trinajstić information content (AvgIpc) is 2.94. The fourth-order valence-corrected chi connectivity index (χ4v) is 5.68. The topological polar surface area (TPSA) is 64.3 Å². The van der Waals surface area contributed by atoms with Gasteiger partial charge in [-0.15, -0.1) is 11.3 Å². The Labute approximate surface area is 162 Å². The van der Waals surface area contributed by atoms with Crippen molar-refractivity contribution in [3.8, 4) is 0 Å². The van der Waals surface area contributed by atoms with Gasteiger partial charge in [0.2, 0.25) is 0 Å². The highest BCUT2D eigenvalue weighted by atomic mass is 32.2. The fraction of sp³-hybridized carbons (Fsp3) is 0.684. The smallest absolute Gasteiger partial charge is 0.263 e. The predicted molar refractivity (Wildman–Crippen MR) is 109 cm³/mol. The standard InChI is InChI=1S/C19H28N2O3S2/c1-12(2)11-21-18(23)16-14-5-4-13(3)10-15(14)26-17(16)20-19(21)25-9-8-24-7-6-22/h12-13,22H,4-11H2,1-3H3. The molecule has 1 unspecified atom stereocenters. The zero-order valence-electron chi connectivity index (χ0n) is 15.8. The maximum atomic E-state index is 13.3. The Morgan fingerprint density at radius 1 is 1.42 bits per heavy atom. The Bertz CT molecular complexity index is 813. The van der Waals surface area contributed by atoms with Crippen LogP contribution in [0, 0.1) is 11.8 Å². The van der Waals surface area contributed by atoms with E-state index in [-0.39, 0.29) is 12.2 Å². The van der Waals surface area contributed by atoms with Crippen molar-refractivity contribution in [1.29, 1.82) is 0 Å². The summed E-state index contributed by atoms with van der Waals surface area (Å²) < 4.78 is 7.19. The monoisotopic (exact) mass is 396 g/mol. The molecule has 0 saturated heterocycles. The number of hydrogen-bond acceptors (Lipinski definition) is 6. The van der Waals surface area contributed by atoms with Crippen molar-refractivity contribution in [1.82, 2.24) is 9.55 Å². The van der Waals surface area contributed by atoms with Gasteiger partial charge in [-0.1, -0.05) is 32.5 Å². The number of thiophene rings is 1. The van der Waals surface area contributed by atoms with E-state index in [9.17, 15) is 4.79 Å². The second-order valence-corrected chi connectivity index (χ2v) is 9.57. The summed E-state index contributed by atoms with van der Waals surface area (Å²) >= 11 is 3.27. The van der Waals surface area contributed by atoms with E-state index >= 15 is 0 Å². The summed E-state index contributed by atoms with van der Waals surface area (Å²) in [7, 11) is 0. The van der Waals surface area contributed by atoms with Gasteiger partial charge in [0.15, 0.2) is 5.16 Å². The van der Waals surface area contributed by atoms with E-state index in [1.807, 2.05) is 4.57 Å². The lowest BCUT2D eigenvalue weighted by atomic mass is 9.89. The summed E-state index contributed by atoms with van der Waals surface area (Å²) in [6.45, 7) is 8.14. The minimum absolute atomic E-state index is 0.0338. The van der Waals surface area contributed by atoms with Crippen molar-refractivity contribution in [2.75, 3.05) is 25.6 Å². The average molecular weight is 397 g/mol. The highest BCUT2D eigenvalue weighted by molar-refractivity contribution is 7.99. The van der Waals surface area contributed by atoms with Crippen LogP contribution in [0.1, 0.15) is 37.6 Å².